The van der Waals surface area contributed by atoms with Crippen LogP contribution in [0.1, 0.15) is 30.3 Å². The molecule has 160 valence electrons. The summed E-state index contributed by atoms with van der Waals surface area (Å²) >= 11 is 0. The van der Waals surface area contributed by atoms with Crippen LogP contribution in [-0.4, -0.2) is 41.0 Å². The van der Waals surface area contributed by atoms with Gasteiger partial charge in [-0.2, -0.15) is 0 Å². The highest BCUT2D eigenvalue weighted by Gasteiger charge is 2.29. The van der Waals surface area contributed by atoms with Crippen LogP contribution in [0.2, 0.25) is 0 Å². The van der Waals surface area contributed by atoms with E-state index >= 15 is 0 Å². The van der Waals surface area contributed by atoms with Crippen LogP contribution in [0, 0.1) is 6.92 Å². The largest absolute Gasteiger partial charge is 0.497 e. The van der Waals surface area contributed by atoms with Gasteiger partial charge in [0.2, 0.25) is 5.91 Å². The van der Waals surface area contributed by atoms with Gasteiger partial charge in [0.1, 0.15) is 11.6 Å². The molecule has 0 unspecified atom stereocenters. The maximum absolute atomic E-state index is 12.6. The van der Waals surface area contributed by atoms with Crippen LogP contribution in [0.4, 0.5) is 17.2 Å². The zero-order valence-corrected chi connectivity index (χ0v) is 17.8. The van der Waals surface area contributed by atoms with Gasteiger partial charge < -0.3 is 15.4 Å². The molecule has 7 heteroatoms. The summed E-state index contributed by atoms with van der Waals surface area (Å²) < 4.78 is 5.16. The Morgan fingerprint density at radius 1 is 1.16 bits per heavy atom. The quantitative estimate of drug-likeness (QED) is 0.596. The number of likely N-dealkylation sites (tertiary alicyclic amines) is 1. The van der Waals surface area contributed by atoms with E-state index in [0.717, 1.165) is 53.7 Å². The van der Waals surface area contributed by atoms with E-state index in [-0.39, 0.29) is 11.9 Å². The Balaban J connectivity index is 1.44. The second kappa shape index (κ2) is 9.57. The number of nitrogens with one attached hydrogen (secondary N) is 2. The van der Waals surface area contributed by atoms with Gasteiger partial charge in [-0.05, 0) is 74.8 Å². The van der Waals surface area contributed by atoms with Gasteiger partial charge in [-0.3, -0.25) is 14.7 Å². The first-order valence-corrected chi connectivity index (χ1v) is 10.5. The normalized spacial score (nSPS) is 16.1. The molecule has 1 aliphatic rings. The lowest BCUT2D eigenvalue weighted by atomic mass is 10.1. The number of benzene rings is 1. The Bertz CT molecular complexity index is 1020. The minimum atomic E-state index is -0.0310. The molecule has 3 aromatic rings. The van der Waals surface area contributed by atoms with Crippen LogP contribution in [0.25, 0.3) is 0 Å². The van der Waals surface area contributed by atoms with E-state index < -0.39 is 0 Å². The number of hydrogen-bond acceptors (Lipinski definition) is 6. The maximum Gasteiger partial charge on any atom is 0.238 e. The highest BCUT2D eigenvalue weighted by Crippen LogP contribution is 2.32. The molecule has 1 aliphatic heterocycles. The maximum atomic E-state index is 12.6. The Morgan fingerprint density at radius 3 is 2.74 bits per heavy atom. The fraction of sp³-hybridized carbons (Fsp3) is 0.292. The fourth-order valence-electron chi connectivity index (χ4n) is 3.93. The topological polar surface area (TPSA) is 79.4 Å². The van der Waals surface area contributed by atoms with Crippen LogP contribution in [-0.2, 0) is 4.79 Å². The predicted molar refractivity (Wildman–Crippen MR) is 122 cm³/mol. The Labute approximate surface area is 182 Å². The number of anilines is 3. The van der Waals surface area contributed by atoms with E-state index in [1.165, 1.54) is 0 Å². The Hall–Kier alpha value is -3.45. The lowest BCUT2D eigenvalue weighted by Gasteiger charge is -2.24. The zero-order chi connectivity index (χ0) is 21.6. The van der Waals surface area contributed by atoms with Crippen molar-refractivity contribution in [2.45, 2.75) is 25.8 Å². The smallest absolute Gasteiger partial charge is 0.238 e. The van der Waals surface area contributed by atoms with E-state index in [2.05, 4.69) is 26.6 Å². The van der Waals surface area contributed by atoms with Gasteiger partial charge in [-0.1, -0.05) is 6.07 Å². The van der Waals surface area contributed by atoms with Gasteiger partial charge in [-0.15, -0.1) is 0 Å². The highest BCUT2D eigenvalue weighted by molar-refractivity contribution is 5.92. The first-order chi connectivity index (χ1) is 15.1. The molecule has 0 bridgehead atoms. The van der Waals surface area contributed by atoms with Crippen LogP contribution < -0.4 is 15.4 Å². The van der Waals surface area contributed by atoms with Gasteiger partial charge in [0.15, 0.2) is 0 Å². The molecular formula is C24H27N5O2. The summed E-state index contributed by atoms with van der Waals surface area (Å²) in [6.07, 6.45) is 3.78. The fourth-order valence-corrected chi connectivity index (χ4v) is 3.93. The second-order valence-electron chi connectivity index (χ2n) is 7.67. The number of carbonyl (C=O) groups is 1. The molecule has 2 aromatic heterocycles. The van der Waals surface area contributed by atoms with Crippen molar-refractivity contribution < 1.29 is 9.53 Å². The molecule has 0 saturated carbocycles. The average Bonchev–Trinajstić information content (AvgIpc) is 3.22. The number of amides is 1. The molecule has 7 nitrogen and oxygen atoms in total. The van der Waals surface area contributed by atoms with E-state index in [0.29, 0.717) is 6.54 Å². The van der Waals surface area contributed by atoms with Gasteiger partial charge in [0, 0.05) is 23.3 Å². The van der Waals surface area contributed by atoms with Crippen molar-refractivity contribution >= 4 is 23.1 Å². The first-order valence-electron chi connectivity index (χ1n) is 10.5. The predicted octanol–water partition coefficient (Wildman–Crippen LogP) is 4.31. The Morgan fingerprint density at radius 2 is 2.00 bits per heavy atom. The summed E-state index contributed by atoms with van der Waals surface area (Å²) in [7, 11) is 1.62. The number of rotatable bonds is 7. The molecule has 0 spiro atoms. The van der Waals surface area contributed by atoms with E-state index in [1.54, 1.807) is 13.3 Å². The van der Waals surface area contributed by atoms with E-state index in [9.17, 15) is 4.79 Å². The minimum Gasteiger partial charge on any atom is -0.497 e. The lowest BCUT2D eigenvalue weighted by Crippen LogP contribution is -2.33. The molecule has 1 saturated heterocycles. The van der Waals surface area contributed by atoms with Crippen molar-refractivity contribution in [3.8, 4) is 5.75 Å². The molecule has 31 heavy (non-hydrogen) atoms. The van der Waals surface area contributed by atoms with Gasteiger partial charge >= 0.3 is 0 Å². The van der Waals surface area contributed by atoms with Gasteiger partial charge in [-0.25, -0.2) is 4.98 Å². The number of hydrogen-bond donors (Lipinski definition) is 2. The third-order valence-corrected chi connectivity index (χ3v) is 5.34. The van der Waals surface area contributed by atoms with Crippen molar-refractivity contribution in [2.24, 2.45) is 0 Å². The number of pyridine rings is 2. The number of ether oxygens (including phenoxy) is 1. The summed E-state index contributed by atoms with van der Waals surface area (Å²) in [5.41, 5.74) is 3.63. The summed E-state index contributed by atoms with van der Waals surface area (Å²) in [5.74, 6) is 1.52. The van der Waals surface area contributed by atoms with Crippen molar-refractivity contribution in [3.05, 3.63) is 72.2 Å². The molecular weight excluding hydrogens is 390 g/mol. The summed E-state index contributed by atoms with van der Waals surface area (Å²) in [6, 6.07) is 17.3. The molecule has 4 rings (SSSR count). The molecule has 1 amide bonds. The van der Waals surface area contributed by atoms with Crippen LogP contribution >= 0.6 is 0 Å². The number of aromatic nitrogens is 2. The van der Waals surface area contributed by atoms with Gasteiger partial charge in [0.05, 0.1) is 25.4 Å². The lowest BCUT2D eigenvalue weighted by molar-refractivity contribution is -0.117. The highest BCUT2D eigenvalue weighted by atomic mass is 16.5. The van der Waals surface area contributed by atoms with Gasteiger partial charge in [0.25, 0.3) is 0 Å². The van der Waals surface area contributed by atoms with E-state index in [1.807, 2.05) is 55.5 Å². The van der Waals surface area contributed by atoms with Crippen LogP contribution in [0.5, 0.6) is 5.75 Å². The SMILES string of the molecule is COc1ccc(NC(=O)CN2CCC[C@@H]2c2cc(Nc3ccccn3)cc(C)n2)cc1. The standard InChI is InChI=1S/C24H27N5O2/c1-17-14-19(27-23-7-3-4-12-25-23)15-21(26-17)22-6-5-13-29(22)16-24(30)28-18-8-10-20(31-2)11-9-18/h3-4,7-12,14-15,22H,5-6,13,16H2,1-2H3,(H,28,30)(H,25,26,27)/t22-/m1/s1. The molecule has 0 radical (unpaired) electrons. The molecule has 0 aliphatic carbocycles. The molecule has 1 aromatic carbocycles. The second-order valence-corrected chi connectivity index (χ2v) is 7.67. The molecule has 2 N–H and O–H groups in total. The summed E-state index contributed by atoms with van der Waals surface area (Å²) in [4.78, 5) is 24.0. The number of carbonyl (C=O) groups excluding carboxylic acids is 1. The number of methoxy groups -OCH3 is 1. The van der Waals surface area contributed by atoms with E-state index in [4.69, 9.17) is 9.72 Å². The third-order valence-electron chi connectivity index (χ3n) is 5.34. The molecule has 3 heterocycles. The van der Waals surface area contributed by atoms with Crippen molar-refractivity contribution in [3.63, 3.8) is 0 Å². The summed E-state index contributed by atoms with van der Waals surface area (Å²) in [5, 5.41) is 6.32. The third kappa shape index (κ3) is 5.38. The molecule has 1 atom stereocenters. The van der Waals surface area contributed by atoms with Crippen molar-refractivity contribution in [2.75, 3.05) is 30.8 Å². The first kappa shape index (κ1) is 20.8. The number of nitrogens with zero attached hydrogens (tertiary/aromatic N) is 3. The van der Waals surface area contributed by atoms with Crippen molar-refractivity contribution in [1.82, 2.24) is 14.9 Å². The monoisotopic (exact) mass is 417 g/mol. The summed E-state index contributed by atoms with van der Waals surface area (Å²) in [6.45, 7) is 3.19. The average molecular weight is 418 g/mol. The minimum absolute atomic E-state index is 0.0310. The van der Waals surface area contributed by atoms with Crippen LogP contribution in [0.3, 0.4) is 0 Å². The van der Waals surface area contributed by atoms with Crippen LogP contribution in [0.15, 0.2) is 60.8 Å². The number of aryl methyl sites for hydroxylation is 1. The van der Waals surface area contributed by atoms with Crippen molar-refractivity contribution in [1.29, 1.82) is 0 Å². The Kier molecular flexibility index (Phi) is 6.43. The molecule has 1 fully saturated rings. The zero-order valence-electron chi connectivity index (χ0n) is 17.8.